The fraction of sp³-hybridized carbons (Fsp3) is 0.167. The minimum absolute atomic E-state index is 0.0972. The number of nitrogens with zero attached hydrogens (tertiary/aromatic N) is 2. The van der Waals surface area contributed by atoms with E-state index in [9.17, 15) is 19.7 Å². The lowest BCUT2D eigenvalue weighted by Gasteiger charge is -2.16. The Hall–Kier alpha value is -3.39. The minimum Gasteiger partial charge on any atom is -0.468 e. The number of benzene rings is 1. The van der Waals surface area contributed by atoms with E-state index in [0.717, 1.165) is 0 Å². The zero-order valence-corrected chi connectivity index (χ0v) is 13.8. The van der Waals surface area contributed by atoms with Crippen molar-refractivity contribution in [2.75, 3.05) is 7.11 Å². The number of hydrogen-bond donors (Lipinski definition) is 1. The Morgan fingerprint density at radius 3 is 2.62 bits per heavy atom. The molecule has 0 bridgehead atoms. The van der Waals surface area contributed by atoms with Crippen molar-refractivity contribution in [3.63, 3.8) is 0 Å². The topological polar surface area (TPSA) is 111 Å². The monoisotopic (exact) mass is 353 g/mol. The first-order valence-corrected chi connectivity index (χ1v) is 7.76. The minimum atomic E-state index is -0.830. The zero-order chi connectivity index (χ0) is 18.7. The van der Waals surface area contributed by atoms with E-state index in [1.165, 1.54) is 37.7 Å². The molecule has 0 saturated carbocycles. The number of pyridine rings is 1. The van der Waals surface area contributed by atoms with Crippen molar-refractivity contribution < 1.29 is 19.2 Å². The quantitative estimate of drug-likeness (QED) is 0.377. The molecule has 3 rings (SSSR count). The lowest BCUT2D eigenvalue weighted by Crippen LogP contribution is -2.41. The summed E-state index contributed by atoms with van der Waals surface area (Å²) in [5.41, 5.74) is 1.30. The van der Waals surface area contributed by atoms with Gasteiger partial charge in [0.1, 0.15) is 6.04 Å². The van der Waals surface area contributed by atoms with Crippen LogP contribution >= 0.6 is 0 Å². The van der Waals surface area contributed by atoms with Gasteiger partial charge in [0.25, 0.3) is 5.69 Å². The fourth-order valence-corrected chi connectivity index (χ4v) is 2.82. The summed E-state index contributed by atoms with van der Waals surface area (Å²) in [7, 11) is 1.25. The highest BCUT2D eigenvalue weighted by atomic mass is 16.6. The normalized spacial score (nSPS) is 18.9. The molecule has 2 atom stereocenters. The number of carbonyl (C=O) groups excluding carboxylic acids is 2. The van der Waals surface area contributed by atoms with Crippen molar-refractivity contribution in [1.82, 2.24) is 10.3 Å². The number of rotatable bonds is 5. The molecule has 1 aromatic carbocycles. The van der Waals surface area contributed by atoms with E-state index < -0.39 is 23.0 Å². The third-order valence-electron chi connectivity index (χ3n) is 4.08. The molecule has 1 aromatic heterocycles. The lowest BCUT2D eigenvalue weighted by molar-refractivity contribution is -0.384. The van der Waals surface area contributed by atoms with Gasteiger partial charge in [0.15, 0.2) is 5.78 Å². The number of ketones is 1. The number of aromatic nitrogens is 1. The Morgan fingerprint density at radius 2 is 1.96 bits per heavy atom. The van der Waals surface area contributed by atoms with Crippen LogP contribution in [0.25, 0.3) is 5.57 Å². The molecular weight excluding hydrogens is 338 g/mol. The highest BCUT2D eigenvalue weighted by molar-refractivity contribution is 6.09. The smallest absolute Gasteiger partial charge is 0.326 e. The predicted octanol–water partition coefficient (Wildman–Crippen LogP) is 1.77. The number of nitro groups is 1. The summed E-state index contributed by atoms with van der Waals surface area (Å²) in [5, 5.41) is 14.0. The molecule has 0 spiro atoms. The van der Waals surface area contributed by atoms with Crippen LogP contribution in [0.2, 0.25) is 0 Å². The van der Waals surface area contributed by atoms with Crippen LogP contribution in [0.5, 0.6) is 0 Å². The third kappa shape index (κ3) is 3.35. The Morgan fingerprint density at radius 1 is 1.23 bits per heavy atom. The second-order valence-corrected chi connectivity index (χ2v) is 5.63. The molecule has 0 saturated heterocycles. The maximum absolute atomic E-state index is 12.9. The van der Waals surface area contributed by atoms with Gasteiger partial charge >= 0.3 is 5.97 Å². The van der Waals surface area contributed by atoms with Gasteiger partial charge in [-0.05, 0) is 23.3 Å². The summed E-state index contributed by atoms with van der Waals surface area (Å²) in [6, 6.07) is 7.43. The van der Waals surface area contributed by atoms with E-state index in [1.54, 1.807) is 24.3 Å². The van der Waals surface area contributed by atoms with Gasteiger partial charge in [0.05, 0.1) is 18.1 Å². The van der Waals surface area contributed by atoms with Gasteiger partial charge in [0, 0.05) is 30.1 Å². The highest BCUT2D eigenvalue weighted by Crippen LogP contribution is 2.29. The summed E-state index contributed by atoms with van der Waals surface area (Å²) in [6.45, 7) is 0. The molecule has 2 unspecified atom stereocenters. The second-order valence-electron chi connectivity index (χ2n) is 5.63. The average Bonchev–Trinajstić information content (AvgIpc) is 3.13. The molecule has 132 valence electrons. The zero-order valence-electron chi connectivity index (χ0n) is 13.8. The van der Waals surface area contributed by atoms with Gasteiger partial charge in [-0.3, -0.25) is 30.0 Å². The van der Waals surface area contributed by atoms with Crippen LogP contribution < -0.4 is 5.32 Å². The van der Waals surface area contributed by atoms with Crippen LogP contribution in [-0.2, 0) is 9.53 Å². The van der Waals surface area contributed by atoms with E-state index in [1.807, 2.05) is 0 Å². The van der Waals surface area contributed by atoms with Crippen LogP contribution in [-0.4, -0.2) is 40.9 Å². The lowest BCUT2D eigenvalue weighted by atomic mass is 9.94. The summed E-state index contributed by atoms with van der Waals surface area (Å²) < 4.78 is 4.74. The second kappa shape index (κ2) is 7.24. The summed E-state index contributed by atoms with van der Waals surface area (Å²) >= 11 is 0. The van der Waals surface area contributed by atoms with Gasteiger partial charge in [0.2, 0.25) is 0 Å². The van der Waals surface area contributed by atoms with Gasteiger partial charge < -0.3 is 4.74 Å². The van der Waals surface area contributed by atoms with Crippen molar-refractivity contribution in [1.29, 1.82) is 0 Å². The van der Waals surface area contributed by atoms with Crippen molar-refractivity contribution in [2.45, 2.75) is 12.1 Å². The first-order chi connectivity index (χ1) is 12.5. The van der Waals surface area contributed by atoms with Crippen LogP contribution in [0.4, 0.5) is 5.69 Å². The van der Waals surface area contributed by atoms with Gasteiger partial charge in [-0.15, -0.1) is 0 Å². The van der Waals surface area contributed by atoms with Crippen molar-refractivity contribution >= 4 is 23.0 Å². The molecule has 2 heterocycles. The van der Waals surface area contributed by atoms with Crippen molar-refractivity contribution in [3.05, 3.63) is 76.1 Å². The molecule has 0 fully saturated rings. The molecular formula is C18H15N3O5. The third-order valence-corrected chi connectivity index (χ3v) is 4.08. The number of non-ortho nitro benzene ring substituents is 1. The molecule has 0 aliphatic carbocycles. The number of nitrogens with one attached hydrogen (secondary N) is 1. The van der Waals surface area contributed by atoms with Crippen LogP contribution in [0.3, 0.4) is 0 Å². The molecule has 0 radical (unpaired) electrons. The van der Waals surface area contributed by atoms with Gasteiger partial charge in [-0.25, -0.2) is 0 Å². The van der Waals surface area contributed by atoms with Gasteiger partial charge in [-0.2, -0.15) is 0 Å². The average molecular weight is 353 g/mol. The summed E-state index contributed by atoms with van der Waals surface area (Å²) in [6.07, 6.45) is 4.56. The first-order valence-electron chi connectivity index (χ1n) is 7.76. The van der Waals surface area contributed by atoms with E-state index in [2.05, 4.69) is 10.3 Å². The van der Waals surface area contributed by atoms with Crippen molar-refractivity contribution in [2.24, 2.45) is 0 Å². The predicted molar refractivity (Wildman–Crippen MR) is 92.4 cm³/mol. The van der Waals surface area contributed by atoms with Crippen LogP contribution in [0.1, 0.15) is 15.9 Å². The van der Waals surface area contributed by atoms with Crippen molar-refractivity contribution in [3.8, 4) is 0 Å². The van der Waals surface area contributed by atoms with Gasteiger partial charge in [-0.1, -0.05) is 18.2 Å². The Balaban J connectivity index is 2.02. The number of carbonyl (C=O) groups is 2. The number of methoxy groups -OCH3 is 1. The molecule has 1 N–H and O–H groups in total. The van der Waals surface area contributed by atoms with Crippen LogP contribution in [0.15, 0.2) is 54.9 Å². The molecule has 1 aliphatic rings. The number of nitro benzene ring substituents is 1. The molecule has 0 amide bonds. The molecule has 26 heavy (non-hydrogen) atoms. The maximum atomic E-state index is 12.9. The first kappa shape index (κ1) is 17.4. The molecule has 2 aromatic rings. The van der Waals surface area contributed by atoms with E-state index >= 15 is 0 Å². The Labute approximate surface area is 148 Å². The number of esters is 1. The summed E-state index contributed by atoms with van der Waals surface area (Å²) in [4.78, 5) is 39.2. The van der Waals surface area contributed by atoms with E-state index in [4.69, 9.17) is 4.74 Å². The maximum Gasteiger partial charge on any atom is 0.326 e. The summed E-state index contributed by atoms with van der Waals surface area (Å²) in [5.74, 6) is -0.811. The number of Topliss-reactive ketones (excluding diaryl/α,β-unsaturated/α-hetero) is 1. The molecule has 8 heteroatoms. The largest absolute Gasteiger partial charge is 0.468 e. The van der Waals surface area contributed by atoms with Crippen LogP contribution in [0, 0.1) is 10.1 Å². The number of ether oxygens (including phenoxy) is 1. The molecule has 1 aliphatic heterocycles. The SMILES string of the molecule is COC(=O)C1C=C(c2cccc([N+](=O)[O-])c2)C(C(=O)c2ccncc2)N1. The highest BCUT2D eigenvalue weighted by Gasteiger charge is 2.36. The van der Waals surface area contributed by atoms with E-state index in [0.29, 0.717) is 16.7 Å². The number of hydrogen-bond acceptors (Lipinski definition) is 7. The van der Waals surface area contributed by atoms with E-state index in [-0.39, 0.29) is 11.5 Å². The Kier molecular flexibility index (Phi) is 4.85. The fourth-order valence-electron chi connectivity index (χ4n) is 2.82. The standard InChI is InChI=1S/C18H15N3O5/c1-26-18(23)15-10-14(12-3-2-4-13(9-12)21(24)25)16(20-15)17(22)11-5-7-19-8-6-11/h2-10,15-16,20H,1H3. The Bertz CT molecular complexity index is 895. The molecule has 8 nitrogen and oxygen atoms in total.